The SMILES string of the molecule is C=C.CC1CC2(CCC1=O)OCCO2. The topological polar surface area (TPSA) is 35.5 Å². The van der Waals surface area contributed by atoms with Gasteiger partial charge in [0, 0.05) is 25.2 Å². The maximum atomic E-state index is 11.2. The predicted octanol–water partition coefficient (Wildman–Crippen LogP) is 1.92. The minimum atomic E-state index is -0.396. The monoisotopic (exact) mass is 198 g/mol. The van der Waals surface area contributed by atoms with Crippen LogP contribution in [0.3, 0.4) is 0 Å². The summed E-state index contributed by atoms with van der Waals surface area (Å²) in [7, 11) is 0. The smallest absolute Gasteiger partial charge is 0.169 e. The van der Waals surface area contributed by atoms with E-state index in [2.05, 4.69) is 13.2 Å². The van der Waals surface area contributed by atoms with E-state index in [9.17, 15) is 4.79 Å². The second-order valence-corrected chi connectivity index (χ2v) is 3.68. The predicted molar refractivity (Wildman–Crippen MR) is 53.9 cm³/mol. The molecule has 1 unspecified atom stereocenters. The fraction of sp³-hybridized carbons (Fsp3) is 0.727. The summed E-state index contributed by atoms with van der Waals surface area (Å²) in [5.74, 6) is 0.0597. The van der Waals surface area contributed by atoms with Crippen molar-refractivity contribution in [1.82, 2.24) is 0 Å². The summed E-state index contributed by atoms with van der Waals surface area (Å²) < 4.78 is 11.1. The average Bonchev–Trinajstić information content (AvgIpc) is 2.65. The molecule has 0 aromatic heterocycles. The van der Waals surface area contributed by atoms with Crippen molar-refractivity contribution < 1.29 is 14.3 Å². The molecule has 0 amide bonds. The summed E-state index contributed by atoms with van der Waals surface area (Å²) >= 11 is 0. The molecule has 14 heavy (non-hydrogen) atoms. The summed E-state index contributed by atoms with van der Waals surface area (Å²) in [6.45, 7) is 9.32. The van der Waals surface area contributed by atoms with Gasteiger partial charge in [0.05, 0.1) is 13.2 Å². The van der Waals surface area contributed by atoms with Gasteiger partial charge in [0.1, 0.15) is 5.78 Å². The van der Waals surface area contributed by atoms with Crippen LogP contribution in [0.25, 0.3) is 0 Å². The van der Waals surface area contributed by atoms with Crippen LogP contribution in [0.15, 0.2) is 13.2 Å². The van der Waals surface area contributed by atoms with Crippen molar-refractivity contribution in [2.24, 2.45) is 5.92 Å². The number of rotatable bonds is 0. The molecule has 1 heterocycles. The van der Waals surface area contributed by atoms with Crippen LogP contribution in [0.2, 0.25) is 0 Å². The Labute approximate surface area is 85.1 Å². The van der Waals surface area contributed by atoms with E-state index in [1.807, 2.05) is 6.92 Å². The molecule has 2 fully saturated rings. The lowest BCUT2D eigenvalue weighted by Gasteiger charge is -2.33. The molecule has 2 rings (SSSR count). The first-order valence-electron chi connectivity index (χ1n) is 5.02. The van der Waals surface area contributed by atoms with Gasteiger partial charge >= 0.3 is 0 Å². The molecular formula is C11H18O3. The lowest BCUT2D eigenvalue weighted by molar-refractivity contribution is -0.187. The van der Waals surface area contributed by atoms with E-state index in [-0.39, 0.29) is 5.92 Å². The highest BCUT2D eigenvalue weighted by Gasteiger charge is 2.42. The van der Waals surface area contributed by atoms with Gasteiger partial charge in [-0.3, -0.25) is 4.79 Å². The van der Waals surface area contributed by atoms with Gasteiger partial charge in [-0.05, 0) is 0 Å². The molecule has 1 aliphatic carbocycles. The van der Waals surface area contributed by atoms with Crippen molar-refractivity contribution in [3.8, 4) is 0 Å². The number of carbonyl (C=O) groups is 1. The van der Waals surface area contributed by atoms with Crippen molar-refractivity contribution in [2.45, 2.75) is 32.0 Å². The number of ketones is 1. The Morgan fingerprint density at radius 2 is 1.93 bits per heavy atom. The molecule has 0 aromatic rings. The van der Waals surface area contributed by atoms with Crippen LogP contribution in [0.4, 0.5) is 0 Å². The third-order valence-corrected chi connectivity index (χ3v) is 2.73. The molecule has 1 aliphatic heterocycles. The van der Waals surface area contributed by atoms with Gasteiger partial charge in [0.15, 0.2) is 5.79 Å². The summed E-state index contributed by atoms with van der Waals surface area (Å²) in [6.07, 6.45) is 2.10. The van der Waals surface area contributed by atoms with Gasteiger partial charge in [-0.15, -0.1) is 13.2 Å². The van der Waals surface area contributed by atoms with Gasteiger partial charge in [0.2, 0.25) is 0 Å². The van der Waals surface area contributed by atoms with E-state index in [0.717, 1.165) is 12.8 Å². The lowest BCUT2D eigenvalue weighted by Crippen LogP contribution is -2.39. The Kier molecular flexibility index (Phi) is 3.84. The molecule has 80 valence electrons. The van der Waals surface area contributed by atoms with Crippen LogP contribution in [-0.2, 0) is 14.3 Å². The molecule has 1 spiro atoms. The highest BCUT2D eigenvalue weighted by molar-refractivity contribution is 5.81. The maximum Gasteiger partial charge on any atom is 0.169 e. The van der Waals surface area contributed by atoms with Gasteiger partial charge in [-0.2, -0.15) is 0 Å². The third kappa shape index (κ3) is 2.22. The van der Waals surface area contributed by atoms with E-state index in [0.29, 0.717) is 25.4 Å². The van der Waals surface area contributed by atoms with Crippen molar-refractivity contribution >= 4 is 5.78 Å². The largest absolute Gasteiger partial charge is 0.347 e. The molecule has 1 saturated heterocycles. The minimum Gasteiger partial charge on any atom is -0.347 e. The second kappa shape index (κ2) is 4.71. The van der Waals surface area contributed by atoms with Crippen LogP contribution >= 0.6 is 0 Å². The standard InChI is InChI=1S/C9H14O3.C2H4/c1-7-6-9(3-2-8(7)10)11-4-5-12-9;1-2/h7H,2-6H2,1H3;1-2H2. The number of hydrogen-bond donors (Lipinski definition) is 0. The Bertz CT molecular complexity index is 207. The first-order chi connectivity index (χ1) is 6.72. The summed E-state index contributed by atoms with van der Waals surface area (Å²) in [6, 6.07) is 0. The van der Waals surface area contributed by atoms with Gasteiger partial charge in [0.25, 0.3) is 0 Å². The summed E-state index contributed by atoms with van der Waals surface area (Å²) in [4.78, 5) is 11.2. The van der Waals surface area contributed by atoms with Crippen molar-refractivity contribution in [3.05, 3.63) is 13.2 Å². The molecule has 0 aromatic carbocycles. The normalized spacial score (nSPS) is 29.8. The molecule has 2 aliphatic rings. The third-order valence-electron chi connectivity index (χ3n) is 2.73. The van der Waals surface area contributed by atoms with E-state index in [4.69, 9.17) is 9.47 Å². The molecule has 1 saturated carbocycles. The Morgan fingerprint density at radius 1 is 1.36 bits per heavy atom. The van der Waals surface area contributed by atoms with Crippen molar-refractivity contribution in [3.63, 3.8) is 0 Å². The molecule has 0 N–H and O–H groups in total. The van der Waals surface area contributed by atoms with Crippen LogP contribution in [0.1, 0.15) is 26.2 Å². The second-order valence-electron chi connectivity index (χ2n) is 3.68. The van der Waals surface area contributed by atoms with Gasteiger partial charge in [-0.1, -0.05) is 6.92 Å². The summed E-state index contributed by atoms with van der Waals surface area (Å²) in [5.41, 5.74) is 0. The summed E-state index contributed by atoms with van der Waals surface area (Å²) in [5, 5.41) is 0. The van der Waals surface area contributed by atoms with E-state index < -0.39 is 5.79 Å². The number of ether oxygens (including phenoxy) is 2. The minimum absolute atomic E-state index is 0.108. The highest BCUT2D eigenvalue weighted by atomic mass is 16.7. The van der Waals surface area contributed by atoms with Gasteiger partial charge in [-0.25, -0.2) is 0 Å². The first kappa shape index (κ1) is 11.4. The van der Waals surface area contributed by atoms with Crippen LogP contribution in [-0.4, -0.2) is 24.8 Å². The molecule has 0 radical (unpaired) electrons. The molecule has 1 atom stereocenters. The van der Waals surface area contributed by atoms with Crippen LogP contribution < -0.4 is 0 Å². The number of carbonyl (C=O) groups excluding carboxylic acids is 1. The van der Waals surface area contributed by atoms with Crippen LogP contribution in [0.5, 0.6) is 0 Å². The highest BCUT2D eigenvalue weighted by Crippen LogP contribution is 2.36. The first-order valence-corrected chi connectivity index (χ1v) is 5.02. The van der Waals surface area contributed by atoms with Crippen molar-refractivity contribution in [2.75, 3.05) is 13.2 Å². The quantitative estimate of drug-likeness (QED) is 0.558. The van der Waals surface area contributed by atoms with E-state index in [1.54, 1.807) is 0 Å². The Hall–Kier alpha value is -0.670. The molecular weight excluding hydrogens is 180 g/mol. The fourth-order valence-electron chi connectivity index (χ4n) is 2.00. The van der Waals surface area contributed by atoms with E-state index >= 15 is 0 Å². The van der Waals surface area contributed by atoms with Crippen LogP contribution in [0, 0.1) is 5.92 Å². The van der Waals surface area contributed by atoms with Gasteiger partial charge < -0.3 is 9.47 Å². The number of Topliss-reactive ketones (excluding diaryl/α,β-unsaturated/α-hetero) is 1. The average molecular weight is 198 g/mol. The fourth-order valence-corrected chi connectivity index (χ4v) is 2.00. The molecule has 3 heteroatoms. The Morgan fingerprint density at radius 3 is 2.43 bits per heavy atom. The lowest BCUT2D eigenvalue weighted by atomic mass is 9.85. The number of hydrogen-bond acceptors (Lipinski definition) is 3. The zero-order chi connectivity index (χ0) is 10.6. The zero-order valence-corrected chi connectivity index (χ0v) is 8.75. The maximum absolute atomic E-state index is 11.2. The van der Waals surface area contributed by atoms with Crippen molar-refractivity contribution in [1.29, 1.82) is 0 Å². The Balaban J connectivity index is 0.000000461. The van der Waals surface area contributed by atoms with E-state index in [1.165, 1.54) is 0 Å². The molecule has 0 bridgehead atoms. The zero-order valence-electron chi connectivity index (χ0n) is 8.75. The molecule has 3 nitrogen and oxygen atoms in total.